The number of nitrogens with one attached hydrogen (secondary N) is 1. The third-order valence-electron chi connectivity index (χ3n) is 3.88. The molecule has 1 aromatic carbocycles. The maximum Gasteiger partial charge on any atom is 0.0641 e. The van der Waals surface area contributed by atoms with Crippen molar-refractivity contribution in [1.29, 1.82) is 0 Å². The van der Waals surface area contributed by atoms with Gasteiger partial charge in [-0.2, -0.15) is 0 Å². The molecule has 4 nitrogen and oxygen atoms in total. The number of anilines is 1. The van der Waals surface area contributed by atoms with Crippen LogP contribution in [0.4, 0.5) is 5.69 Å². The van der Waals surface area contributed by atoms with Crippen molar-refractivity contribution in [3.05, 3.63) is 29.3 Å². The Kier molecular flexibility index (Phi) is 7.00. The largest absolute Gasteiger partial charge is 0.380 e. The molecule has 0 saturated carbocycles. The molecule has 1 aliphatic heterocycles. The van der Waals surface area contributed by atoms with Gasteiger partial charge in [-0.3, -0.25) is 0 Å². The molecular formula is C17H28N2O2. The van der Waals surface area contributed by atoms with E-state index in [1.54, 1.807) is 0 Å². The van der Waals surface area contributed by atoms with Gasteiger partial charge in [0.2, 0.25) is 0 Å². The van der Waals surface area contributed by atoms with E-state index < -0.39 is 0 Å². The van der Waals surface area contributed by atoms with Gasteiger partial charge in [0.05, 0.1) is 13.2 Å². The minimum Gasteiger partial charge on any atom is -0.380 e. The van der Waals surface area contributed by atoms with Crippen LogP contribution in [0.1, 0.15) is 25.0 Å². The molecule has 1 heterocycles. The smallest absolute Gasteiger partial charge is 0.0641 e. The highest BCUT2D eigenvalue weighted by molar-refractivity contribution is 5.57. The molecule has 0 amide bonds. The fourth-order valence-electron chi connectivity index (χ4n) is 2.80. The molecule has 1 N–H and O–H groups in total. The molecule has 0 radical (unpaired) electrons. The number of rotatable bonds is 9. The minimum atomic E-state index is 0.768. The predicted molar refractivity (Wildman–Crippen MR) is 87.1 cm³/mol. The zero-order valence-electron chi connectivity index (χ0n) is 13.4. The van der Waals surface area contributed by atoms with Crippen LogP contribution >= 0.6 is 0 Å². The first-order valence-corrected chi connectivity index (χ1v) is 8.08. The Morgan fingerprint density at radius 2 is 1.81 bits per heavy atom. The summed E-state index contributed by atoms with van der Waals surface area (Å²) >= 11 is 0. The molecule has 1 aliphatic rings. The zero-order chi connectivity index (χ0) is 14.9. The summed E-state index contributed by atoms with van der Waals surface area (Å²) in [5, 5.41) is 3.44. The van der Waals surface area contributed by atoms with Crippen molar-refractivity contribution in [2.24, 2.45) is 0 Å². The van der Waals surface area contributed by atoms with Crippen molar-refractivity contribution >= 4 is 5.69 Å². The standard InChI is InChI=1S/C17H28N2O2/c1-3-20-12-10-19(11-13-21-4-2)17-7-5-6-15-14-18-9-8-16(15)17/h5-7,18H,3-4,8-14H2,1-2H3. The third-order valence-corrected chi connectivity index (χ3v) is 3.88. The number of hydrogen-bond acceptors (Lipinski definition) is 4. The Labute approximate surface area is 128 Å². The Morgan fingerprint density at radius 1 is 1.10 bits per heavy atom. The highest BCUT2D eigenvalue weighted by Crippen LogP contribution is 2.26. The topological polar surface area (TPSA) is 33.7 Å². The van der Waals surface area contributed by atoms with Crippen LogP contribution in [0.25, 0.3) is 0 Å². The van der Waals surface area contributed by atoms with Gasteiger partial charge < -0.3 is 19.7 Å². The lowest BCUT2D eigenvalue weighted by Crippen LogP contribution is -2.33. The van der Waals surface area contributed by atoms with Crippen LogP contribution in [0, 0.1) is 0 Å². The maximum atomic E-state index is 5.54. The molecule has 0 saturated heterocycles. The van der Waals surface area contributed by atoms with E-state index in [9.17, 15) is 0 Å². The van der Waals surface area contributed by atoms with E-state index in [-0.39, 0.29) is 0 Å². The first kappa shape index (κ1) is 16.3. The predicted octanol–water partition coefficient (Wildman–Crippen LogP) is 2.21. The SMILES string of the molecule is CCOCCN(CCOCC)c1cccc2c1CCNC2. The molecule has 2 rings (SSSR count). The Balaban J connectivity index is 2.10. The normalized spacial score (nSPS) is 14.0. The van der Waals surface area contributed by atoms with Gasteiger partial charge >= 0.3 is 0 Å². The van der Waals surface area contributed by atoms with E-state index in [2.05, 4.69) is 28.4 Å². The molecule has 0 atom stereocenters. The quantitative estimate of drug-likeness (QED) is 0.708. The van der Waals surface area contributed by atoms with Crippen molar-refractivity contribution in [2.75, 3.05) is 51.0 Å². The van der Waals surface area contributed by atoms with Gasteiger partial charge in [0.1, 0.15) is 0 Å². The summed E-state index contributed by atoms with van der Waals surface area (Å²) < 4.78 is 11.1. The molecule has 1 aromatic rings. The van der Waals surface area contributed by atoms with Crippen LogP contribution in [0.15, 0.2) is 18.2 Å². The molecule has 21 heavy (non-hydrogen) atoms. The summed E-state index contributed by atoms with van der Waals surface area (Å²) in [6.45, 7) is 11.1. The highest BCUT2D eigenvalue weighted by atomic mass is 16.5. The summed E-state index contributed by atoms with van der Waals surface area (Å²) in [6.07, 6.45) is 1.10. The summed E-state index contributed by atoms with van der Waals surface area (Å²) in [5.41, 5.74) is 4.27. The summed E-state index contributed by atoms with van der Waals surface area (Å²) in [4.78, 5) is 2.41. The van der Waals surface area contributed by atoms with Crippen molar-refractivity contribution < 1.29 is 9.47 Å². The highest BCUT2D eigenvalue weighted by Gasteiger charge is 2.16. The van der Waals surface area contributed by atoms with Crippen LogP contribution < -0.4 is 10.2 Å². The van der Waals surface area contributed by atoms with Gasteiger partial charge in [0.15, 0.2) is 0 Å². The number of ether oxygens (including phenoxy) is 2. The first-order valence-electron chi connectivity index (χ1n) is 8.08. The molecule has 0 unspecified atom stereocenters. The number of fused-ring (bicyclic) bond motifs is 1. The van der Waals surface area contributed by atoms with Gasteiger partial charge in [-0.1, -0.05) is 12.1 Å². The molecular weight excluding hydrogens is 264 g/mol. The number of hydrogen-bond donors (Lipinski definition) is 1. The van der Waals surface area contributed by atoms with Crippen molar-refractivity contribution in [2.45, 2.75) is 26.8 Å². The molecule has 0 fully saturated rings. The Hall–Kier alpha value is -1.10. The number of benzene rings is 1. The van der Waals surface area contributed by atoms with Gasteiger partial charge in [0.25, 0.3) is 0 Å². The van der Waals surface area contributed by atoms with Crippen LogP contribution in [0.5, 0.6) is 0 Å². The minimum absolute atomic E-state index is 0.768. The second kappa shape index (κ2) is 9.03. The molecule has 4 heteroatoms. The average molecular weight is 292 g/mol. The van der Waals surface area contributed by atoms with Crippen LogP contribution in [0.2, 0.25) is 0 Å². The van der Waals surface area contributed by atoms with E-state index in [0.29, 0.717) is 0 Å². The number of nitrogens with zero attached hydrogens (tertiary/aromatic N) is 1. The molecule has 0 bridgehead atoms. The first-order chi connectivity index (χ1) is 10.4. The lowest BCUT2D eigenvalue weighted by molar-refractivity contribution is 0.141. The van der Waals surface area contributed by atoms with Crippen LogP contribution in [-0.2, 0) is 22.4 Å². The maximum absolute atomic E-state index is 5.54. The van der Waals surface area contributed by atoms with Crippen molar-refractivity contribution in [3.8, 4) is 0 Å². The fraction of sp³-hybridized carbons (Fsp3) is 0.647. The van der Waals surface area contributed by atoms with E-state index in [1.807, 2.05) is 13.8 Å². The van der Waals surface area contributed by atoms with E-state index in [4.69, 9.17) is 9.47 Å². The second-order valence-electron chi connectivity index (χ2n) is 5.22. The van der Waals surface area contributed by atoms with Crippen LogP contribution in [-0.4, -0.2) is 46.1 Å². The summed E-state index contributed by atoms with van der Waals surface area (Å²) in [5.74, 6) is 0. The van der Waals surface area contributed by atoms with Gasteiger partial charge in [-0.05, 0) is 44.0 Å². The zero-order valence-corrected chi connectivity index (χ0v) is 13.4. The molecule has 0 aliphatic carbocycles. The lowest BCUT2D eigenvalue weighted by atomic mass is 9.98. The summed E-state index contributed by atoms with van der Waals surface area (Å²) in [6, 6.07) is 6.63. The van der Waals surface area contributed by atoms with E-state index in [1.165, 1.54) is 16.8 Å². The van der Waals surface area contributed by atoms with Crippen molar-refractivity contribution in [3.63, 3.8) is 0 Å². The van der Waals surface area contributed by atoms with Crippen molar-refractivity contribution in [1.82, 2.24) is 5.32 Å². The third kappa shape index (κ3) is 4.70. The molecule has 118 valence electrons. The van der Waals surface area contributed by atoms with Gasteiger partial charge in [-0.25, -0.2) is 0 Å². The Bertz CT molecular complexity index is 413. The molecule has 0 spiro atoms. The van der Waals surface area contributed by atoms with Gasteiger partial charge in [-0.15, -0.1) is 0 Å². The Morgan fingerprint density at radius 3 is 2.48 bits per heavy atom. The monoisotopic (exact) mass is 292 g/mol. The molecule has 0 aromatic heterocycles. The van der Waals surface area contributed by atoms with Gasteiger partial charge in [0, 0.05) is 38.5 Å². The average Bonchev–Trinajstić information content (AvgIpc) is 2.53. The summed E-state index contributed by atoms with van der Waals surface area (Å²) in [7, 11) is 0. The van der Waals surface area contributed by atoms with E-state index >= 15 is 0 Å². The fourth-order valence-corrected chi connectivity index (χ4v) is 2.80. The van der Waals surface area contributed by atoms with E-state index in [0.717, 1.165) is 59.0 Å². The second-order valence-corrected chi connectivity index (χ2v) is 5.22. The van der Waals surface area contributed by atoms with Crippen LogP contribution in [0.3, 0.4) is 0 Å². The lowest BCUT2D eigenvalue weighted by Gasteiger charge is -2.30.